The van der Waals surface area contributed by atoms with Crippen LogP contribution in [-0.4, -0.2) is 23.2 Å². The number of ether oxygens (including phenoxy) is 1. The molecular formula is C23H22N2O3. The zero-order valence-electron chi connectivity index (χ0n) is 16.2. The number of hydrogen-bond donors (Lipinski definition) is 1. The van der Waals surface area contributed by atoms with Crippen molar-refractivity contribution < 1.29 is 14.6 Å². The zero-order valence-corrected chi connectivity index (χ0v) is 16.2. The maximum absolute atomic E-state index is 11.2. The van der Waals surface area contributed by atoms with Crippen LogP contribution >= 0.6 is 0 Å². The number of methoxy groups -OCH3 is 1. The number of hydrogen-bond acceptors (Lipinski definition) is 4. The molecule has 0 saturated heterocycles. The number of aromatic nitrogens is 1. The van der Waals surface area contributed by atoms with Crippen LogP contribution in [0.4, 0.5) is 0 Å². The topological polar surface area (TPSA) is 83.2 Å². The molecule has 5 nitrogen and oxygen atoms in total. The minimum atomic E-state index is -0.978. The molecule has 1 atom stereocenters. The van der Waals surface area contributed by atoms with E-state index in [-0.39, 0.29) is 5.56 Å². The molecule has 1 unspecified atom stereocenters. The lowest BCUT2D eigenvalue weighted by Crippen LogP contribution is -2.23. The van der Waals surface area contributed by atoms with Gasteiger partial charge in [0, 0.05) is 10.9 Å². The molecule has 0 bridgehead atoms. The van der Waals surface area contributed by atoms with Crippen molar-refractivity contribution in [2.24, 2.45) is 0 Å². The Morgan fingerprint density at radius 1 is 1.25 bits per heavy atom. The molecular weight excluding hydrogens is 352 g/mol. The number of fused-ring (bicyclic) bond motifs is 1. The lowest BCUT2D eigenvalue weighted by molar-refractivity contribution is 0.0696. The Bertz CT molecular complexity index is 1080. The highest BCUT2D eigenvalue weighted by Crippen LogP contribution is 2.31. The largest absolute Gasteiger partial charge is 0.481 e. The van der Waals surface area contributed by atoms with E-state index in [4.69, 9.17) is 4.74 Å². The van der Waals surface area contributed by atoms with Gasteiger partial charge in [0.2, 0.25) is 5.88 Å². The molecule has 0 fully saturated rings. The molecule has 3 rings (SSSR count). The number of nitrogens with zero attached hydrogens (tertiary/aromatic N) is 2. The van der Waals surface area contributed by atoms with Gasteiger partial charge in [-0.25, -0.2) is 9.78 Å². The summed E-state index contributed by atoms with van der Waals surface area (Å²) in [5.41, 5.74) is 2.85. The summed E-state index contributed by atoms with van der Waals surface area (Å²) in [4.78, 5) is 15.8. The van der Waals surface area contributed by atoms with Gasteiger partial charge in [0.25, 0.3) is 0 Å². The highest BCUT2D eigenvalue weighted by Gasteiger charge is 2.28. The van der Waals surface area contributed by atoms with E-state index >= 15 is 0 Å². The molecule has 0 amide bonds. The summed E-state index contributed by atoms with van der Waals surface area (Å²) in [5.74, 6) is -0.380. The van der Waals surface area contributed by atoms with E-state index in [9.17, 15) is 15.2 Å². The molecule has 0 saturated carbocycles. The normalized spacial score (nSPS) is 12.9. The van der Waals surface area contributed by atoms with Crippen LogP contribution < -0.4 is 4.74 Å². The summed E-state index contributed by atoms with van der Waals surface area (Å²) >= 11 is 0. The Morgan fingerprint density at radius 2 is 2.04 bits per heavy atom. The van der Waals surface area contributed by atoms with Crippen molar-refractivity contribution in [3.8, 4) is 11.9 Å². The first-order chi connectivity index (χ1) is 13.4. The predicted molar refractivity (Wildman–Crippen MR) is 108 cm³/mol. The smallest absolute Gasteiger partial charge is 0.335 e. The molecule has 0 spiro atoms. The molecule has 0 radical (unpaired) electrons. The first-order valence-electron chi connectivity index (χ1n) is 9.12. The average Bonchev–Trinajstić information content (AvgIpc) is 2.72. The van der Waals surface area contributed by atoms with Crippen LogP contribution in [0.3, 0.4) is 0 Å². The molecule has 1 N–H and O–H groups in total. The molecule has 3 aromatic rings. The van der Waals surface area contributed by atoms with Crippen molar-refractivity contribution in [2.45, 2.75) is 32.1 Å². The fraction of sp³-hybridized carbons (Fsp3) is 0.261. The average molecular weight is 374 g/mol. The van der Waals surface area contributed by atoms with Gasteiger partial charge >= 0.3 is 5.97 Å². The Labute approximate surface area is 164 Å². The first-order valence-corrected chi connectivity index (χ1v) is 9.12. The molecule has 2 aromatic carbocycles. The van der Waals surface area contributed by atoms with Gasteiger partial charge < -0.3 is 9.84 Å². The van der Waals surface area contributed by atoms with Gasteiger partial charge in [-0.2, -0.15) is 5.26 Å². The van der Waals surface area contributed by atoms with Gasteiger partial charge in [0.1, 0.15) is 0 Å². The van der Waals surface area contributed by atoms with Gasteiger partial charge in [-0.15, -0.1) is 0 Å². The quantitative estimate of drug-likeness (QED) is 0.685. The van der Waals surface area contributed by atoms with Gasteiger partial charge in [-0.3, -0.25) is 0 Å². The van der Waals surface area contributed by atoms with Crippen LogP contribution in [0.2, 0.25) is 0 Å². The van der Waals surface area contributed by atoms with Crippen molar-refractivity contribution in [3.05, 3.63) is 70.8 Å². The van der Waals surface area contributed by atoms with E-state index in [1.54, 1.807) is 25.3 Å². The predicted octanol–water partition coefficient (Wildman–Crippen LogP) is 4.53. The van der Waals surface area contributed by atoms with E-state index in [2.05, 4.69) is 24.0 Å². The lowest BCUT2D eigenvalue weighted by atomic mass is 9.78. The summed E-state index contributed by atoms with van der Waals surface area (Å²) in [5, 5.41) is 20.1. The molecule has 1 heterocycles. The Kier molecular flexibility index (Phi) is 5.32. The number of carbonyl (C=O) groups is 1. The van der Waals surface area contributed by atoms with E-state index in [1.165, 1.54) is 0 Å². The molecule has 0 aliphatic heterocycles. The van der Waals surface area contributed by atoms with Crippen LogP contribution in [0.15, 0.2) is 48.5 Å². The second-order valence-electron chi connectivity index (χ2n) is 7.04. The second-order valence-corrected chi connectivity index (χ2v) is 7.04. The van der Waals surface area contributed by atoms with Crippen LogP contribution in [0.25, 0.3) is 10.9 Å². The Balaban J connectivity index is 2.03. The third-order valence-corrected chi connectivity index (χ3v) is 5.05. The fourth-order valence-electron chi connectivity index (χ4n) is 3.40. The number of nitriles is 1. The molecule has 28 heavy (non-hydrogen) atoms. The molecule has 142 valence electrons. The van der Waals surface area contributed by atoms with E-state index in [0.717, 1.165) is 34.0 Å². The van der Waals surface area contributed by atoms with Crippen molar-refractivity contribution in [2.75, 3.05) is 7.11 Å². The number of aromatic carboxylic acids is 1. The maximum atomic E-state index is 11.2. The highest BCUT2D eigenvalue weighted by atomic mass is 16.5. The van der Waals surface area contributed by atoms with Gasteiger partial charge in [0.05, 0.1) is 29.7 Å². The third-order valence-electron chi connectivity index (χ3n) is 5.05. The summed E-state index contributed by atoms with van der Waals surface area (Å²) in [6, 6.07) is 17.0. The van der Waals surface area contributed by atoms with Gasteiger partial charge in [-0.05, 0) is 55.2 Å². The Hall–Kier alpha value is -3.39. The number of rotatable bonds is 6. The van der Waals surface area contributed by atoms with Crippen LogP contribution in [0.1, 0.15) is 40.9 Å². The van der Waals surface area contributed by atoms with Gasteiger partial charge in [-0.1, -0.05) is 31.2 Å². The third kappa shape index (κ3) is 3.67. The molecule has 0 aliphatic rings. The van der Waals surface area contributed by atoms with Gasteiger partial charge in [0.15, 0.2) is 0 Å². The minimum absolute atomic E-state index is 0.217. The number of pyridine rings is 1. The van der Waals surface area contributed by atoms with Crippen molar-refractivity contribution in [3.63, 3.8) is 0 Å². The van der Waals surface area contributed by atoms with E-state index in [1.807, 2.05) is 31.2 Å². The molecule has 5 heteroatoms. The Morgan fingerprint density at radius 3 is 2.68 bits per heavy atom. The number of carboxylic acids is 1. The summed E-state index contributed by atoms with van der Waals surface area (Å²) in [6.07, 6.45) is 1.23. The fourth-order valence-corrected chi connectivity index (χ4v) is 3.40. The maximum Gasteiger partial charge on any atom is 0.335 e. The summed E-state index contributed by atoms with van der Waals surface area (Å²) in [6.45, 7) is 3.91. The summed E-state index contributed by atoms with van der Waals surface area (Å²) in [7, 11) is 1.60. The zero-order chi connectivity index (χ0) is 20.3. The minimum Gasteiger partial charge on any atom is -0.481 e. The van der Waals surface area contributed by atoms with Crippen LogP contribution in [0.5, 0.6) is 5.88 Å². The van der Waals surface area contributed by atoms with E-state index < -0.39 is 11.4 Å². The van der Waals surface area contributed by atoms with Crippen molar-refractivity contribution in [1.82, 2.24) is 4.98 Å². The van der Waals surface area contributed by atoms with Crippen LogP contribution in [-0.2, 0) is 18.3 Å². The first kappa shape index (κ1) is 19.4. The molecule has 1 aromatic heterocycles. The standard InChI is InChI=1S/C23H22N2O3/c1-4-16-11-17-8-9-19(12-20(17)25-21(16)28-3)23(2,14-24)13-15-6-5-7-18(10-15)22(26)27/h5-12H,4,13H2,1-3H3,(H,26,27). The monoisotopic (exact) mass is 374 g/mol. The SMILES string of the molecule is CCc1cc2ccc(C(C)(C#N)Cc3cccc(C(=O)O)c3)cc2nc1OC. The number of carboxylic acid groups (broad SMARTS) is 1. The highest BCUT2D eigenvalue weighted by molar-refractivity contribution is 5.87. The summed E-state index contributed by atoms with van der Waals surface area (Å²) < 4.78 is 5.40. The van der Waals surface area contributed by atoms with Crippen LogP contribution in [0, 0.1) is 11.3 Å². The van der Waals surface area contributed by atoms with Crippen molar-refractivity contribution >= 4 is 16.9 Å². The number of benzene rings is 2. The molecule has 0 aliphatic carbocycles. The lowest BCUT2D eigenvalue weighted by Gasteiger charge is -2.23. The number of aryl methyl sites for hydroxylation is 1. The van der Waals surface area contributed by atoms with E-state index in [0.29, 0.717) is 12.3 Å². The van der Waals surface area contributed by atoms with Crippen molar-refractivity contribution in [1.29, 1.82) is 5.26 Å². The second kappa shape index (κ2) is 7.69.